The van der Waals surface area contributed by atoms with Crippen LogP contribution in [0.3, 0.4) is 0 Å². The maximum absolute atomic E-state index is 13.9. The normalized spacial score (nSPS) is 11.3. The number of halogens is 4. The highest BCUT2D eigenvalue weighted by molar-refractivity contribution is 9.10. The Morgan fingerprint density at radius 1 is 1.15 bits per heavy atom. The molecule has 0 amide bonds. The van der Waals surface area contributed by atoms with E-state index in [-0.39, 0.29) is 23.3 Å². The first-order chi connectivity index (χ1) is 12.3. The predicted octanol–water partition coefficient (Wildman–Crippen LogP) is 2.31. The number of allylic oxidation sites excluding steroid dienone is 1. The van der Waals surface area contributed by atoms with E-state index in [0.29, 0.717) is 16.9 Å². The number of imidazole rings is 1. The van der Waals surface area contributed by atoms with Crippen LogP contribution in [0.15, 0.2) is 39.1 Å². The molecule has 0 saturated heterocycles. The topological polar surface area (TPSA) is 61.8 Å². The molecular formula is C16H12BrF3N4O2. The molecule has 136 valence electrons. The Balaban J connectivity index is 2.29. The van der Waals surface area contributed by atoms with Gasteiger partial charge in [-0.2, -0.15) is 0 Å². The molecule has 3 rings (SSSR count). The average molecular weight is 429 g/mol. The number of benzene rings is 1. The molecular weight excluding hydrogens is 417 g/mol. The molecule has 2 aromatic heterocycles. The first-order valence-electron chi connectivity index (χ1n) is 7.36. The zero-order valence-corrected chi connectivity index (χ0v) is 15.1. The Morgan fingerprint density at radius 2 is 1.81 bits per heavy atom. The van der Waals surface area contributed by atoms with Crippen LogP contribution in [0.5, 0.6) is 0 Å². The Labute approximate surface area is 152 Å². The summed E-state index contributed by atoms with van der Waals surface area (Å²) in [5.74, 6) is -3.68. The van der Waals surface area contributed by atoms with Gasteiger partial charge < -0.3 is 4.57 Å². The molecule has 26 heavy (non-hydrogen) atoms. The van der Waals surface area contributed by atoms with Gasteiger partial charge in [0.25, 0.3) is 5.56 Å². The van der Waals surface area contributed by atoms with Gasteiger partial charge in [-0.05, 0) is 22.0 Å². The molecule has 0 bridgehead atoms. The van der Waals surface area contributed by atoms with Crippen LogP contribution in [0.2, 0.25) is 0 Å². The van der Waals surface area contributed by atoms with Crippen LogP contribution < -0.4 is 11.2 Å². The van der Waals surface area contributed by atoms with Crippen LogP contribution in [-0.2, 0) is 20.1 Å². The Morgan fingerprint density at radius 3 is 2.46 bits per heavy atom. The van der Waals surface area contributed by atoms with Crippen molar-refractivity contribution in [2.24, 2.45) is 7.05 Å². The molecule has 0 aliphatic carbocycles. The molecule has 6 nitrogen and oxygen atoms in total. The molecule has 2 heterocycles. The van der Waals surface area contributed by atoms with Gasteiger partial charge in [0.15, 0.2) is 27.5 Å². The smallest absolute Gasteiger partial charge is 0.309 e. The van der Waals surface area contributed by atoms with Crippen LogP contribution in [0.25, 0.3) is 11.2 Å². The number of rotatable bonds is 4. The lowest BCUT2D eigenvalue weighted by molar-refractivity contribution is 0.486. The number of aryl methyl sites for hydroxylation is 1. The second-order valence-corrected chi connectivity index (χ2v) is 6.25. The minimum atomic E-state index is -1.35. The van der Waals surface area contributed by atoms with Crippen molar-refractivity contribution in [3.8, 4) is 0 Å². The van der Waals surface area contributed by atoms with E-state index >= 15 is 0 Å². The molecule has 0 fully saturated rings. The number of hydrogen-bond acceptors (Lipinski definition) is 3. The lowest BCUT2D eigenvalue weighted by Gasteiger charge is -2.10. The van der Waals surface area contributed by atoms with Gasteiger partial charge in [0.1, 0.15) is 5.82 Å². The Kier molecular flexibility index (Phi) is 4.61. The van der Waals surface area contributed by atoms with Crippen molar-refractivity contribution in [2.75, 3.05) is 0 Å². The first kappa shape index (κ1) is 18.2. The number of hydrogen-bond donors (Lipinski definition) is 0. The van der Waals surface area contributed by atoms with E-state index in [4.69, 9.17) is 0 Å². The molecule has 0 saturated carbocycles. The van der Waals surface area contributed by atoms with Crippen LogP contribution >= 0.6 is 15.9 Å². The minimum Gasteiger partial charge on any atom is -0.309 e. The predicted molar refractivity (Wildman–Crippen MR) is 92.5 cm³/mol. The lowest BCUT2D eigenvalue weighted by Crippen LogP contribution is -2.40. The van der Waals surface area contributed by atoms with Crippen molar-refractivity contribution < 1.29 is 13.2 Å². The van der Waals surface area contributed by atoms with E-state index in [0.717, 1.165) is 9.13 Å². The second kappa shape index (κ2) is 6.60. The fourth-order valence-corrected chi connectivity index (χ4v) is 3.13. The van der Waals surface area contributed by atoms with Crippen molar-refractivity contribution in [2.45, 2.75) is 13.1 Å². The monoisotopic (exact) mass is 428 g/mol. The van der Waals surface area contributed by atoms with Crippen LogP contribution in [0, 0.1) is 17.5 Å². The molecule has 0 radical (unpaired) electrons. The number of fused-ring (bicyclic) bond motifs is 1. The van der Waals surface area contributed by atoms with E-state index in [2.05, 4.69) is 27.5 Å². The van der Waals surface area contributed by atoms with Gasteiger partial charge in [0, 0.05) is 25.2 Å². The second-order valence-electron chi connectivity index (χ2n) is 5.54. The minimum absolute atomic E-state index is 0.0990. The highest BCUT2D eigenvalue weighted by Gasteiger charge is 2.20. The third-order valence-electron chi connectivity index (χ3n) is 3.92. The number of aromatic nitrogens is 4. The summed E-state index contributed by atoms with van der Waals surface area (Å²) in [5.41, 5.74) is -1.58. The van der Waals surface area contributed by atoms with Gasteiger partial charge in [-0.15, -0.1) is 6.58 Å². The van der Waals surface area contributed by atoms with E-state index in [1.54, 1.807) is 0 Å². The van der Waals surface area contributed by atoms with Gasteiger partial charge in [-0.3, -0.25) is 13.9 Å². The average Bonchev–Trinajstić information content (AvgIpc) is 2.91. The summed E-state index contributed by atoms with van der Waals surface area (Å²) >= 11 is 3.21. The largest absolute Gasteiger partial charge is 0.332 e. The van der Waals surface area contributed by atoms with Gasteiger partial charge in [0.05, 0.1) is 6.54 Å². The van der Waals surface area contributed by atoms with Crippen LogP contribution in [0.1, 0.15) is 5.56 Å². The molecule has 0 aliphatic rings. The third kappa shape index (κ3) is 2.79. The Bertz CT molecular complexity index is 1160. The quantitative estimate of drug-likeness (QED) is 0.364. The standard InChI is InChI=1S/C16H12BrF3N4O2/c1-3-4-23-12-13(21-15(23)17)22(2)16(26)24(14(12)25)7-8-5-10(19)11(20)6-9(8)18/h3,5-6H,1,4,7H2,2H3. The van der Waals surface area contributed by atoms with Gasteiger partial charge in [-0.25, -0.2) is 22.9 Å². The zero-order chi connectivity index (χ0) is 19.2. The molecule has 3 aromatic rings. The van der Waals surface area contributed by atoms with E-state index < -0.39 is 35.2 Å². The maximum atomic E-state index is 13.9. The summed E-state index contributed by atoms with van der Waals surface area (Å²) in [6, 6.07) is 0.995. The molecule has 0 spiro atoms. The Hall–Kier alpha value is -2.62. The van der Waals surface area contributed by atoms with Crippen LogP contribution in [-0.4, -0.2) is 18.7 Å². The summed E-state index contributed by atoms with van der Waals surface area (Å²) in [6.07, 6.45) is 1.54. The van der Waals surface area contributed by atoms with Crippen molar-refractivity contribution in [1.29, 1.82) is 0 Å². The number of nitrogens with zero attached hydrogens (tertiary/aromatic N) is 4. The highest BCUT2D eigenvalue weighted by atomic mass is 79.9. The molecule has 0 atom stereocenters. The van der Waals surface area contributed by atoms with E-state index in [9.17, 15) is 22.8 Å². The molecule has 10 heteroatoms. The van der Waals surface area contributed by atoms with Gasteiger partial charge in [-0.1, -0.05) is 6.08 Å². The molecule has 0 unspecified atom stereocenters. The SMILES string of the molecule is C=CCn1c(Br)nc2c1c(=O)n(Cc1cc(F)c(F)cc1F)c(=O)n2C. The fourth-order valence-electron chi connectivity index (χ4n) is 2.64. The summed E-state index contributed by atoms with van der Waals surface area (Å²) < 4.78 is 44.1. The lowest BCUT2D eigenvalue weighted by atomic mass is 10.2. The summed E-state index contributed by atoms with van der Waals surface area (Å²) in [5, 5.41) is 0. The highest BCUT2D eigenvalue weighted by Crippen LogP contribution is 2.17. The van der Waals surface area contributed by atoms with Crippen molar-refractivity contribution in [1.82, 2.24) is 18.7 Å². The van der Waals surface area contributed by atoms with Gasteiger partial charge in [0.2, 0.25) is 0 Å². The first-order valence-corrected chi connectivity index (χ1v) is 8.15. The maximum Gasteiger partial charge on any atom is 0.332 e. The summed E-state index contributed by atoms with van der Waals surface area (Å²) in [6.45, 7) is 3.29. The van der Waals surface area contributed by atoms with Gasteiger partial charge >= 0.3 is 5.69 Å². The van der Waals surface area contributed by atoms with E-state index in [1.165, 1.54) is 17.7 Å². The van der Waals surface area contributed by atoms with E-state index in [1.807, 2.05) is 0 Å². The van der Waals surface area contributed by atoms with Crippen molar-refractivity contribution in [3.05, 3.63) is 73.4 Å². The van der Waals surface area contributed by atoms with Crippen molar-refractivity contribution >= 4 is 27.1 Å². The third-order valence-corrected chi connectivity index (χ3v) is 4.52. The fraction of sp³-hybridized carbons (Fsp3) is 0.188. The van der Waals surface area contributed by atoms with Crippen LogP contribution in [0.4, 0.5) is 13.2 Å². The molecule has 1 aromatic carbocycles. The summed E-state index contributed by atoms with van der Waals surface area (Å²) in [7, 11) is 1.40. The zero-order valence-electron chi connectivity index (χ0n) is 13.5. The summed E-state index contributed by atoms with van der Waals surface area (Å²) in [4.78, 5) is 29.5. The molecule has 0 N–H and O–H groups in total. The molecule has 0 aliphatic heterocycles. The van der Waals surface area contributed by atoms with Crippen molar-refractivity contribution in [3.63, 3.8) is 0 Å².